The molecule has 0 saturated carbocycles. The number of amides is 2. The van der Waals surface area contributed by atoms with Gasteiger partial charge in [0.2, 0.25) is 0 Å². The molecule has 7 heteroatoms. The summed E-state index contributed by atoms with van der Waals surface area (Å²) in [5.74, 6) is 0.699. The van der Waals surface area contributed by atoms with Crippen LogP contribution in [0.15, 0.2) is 12.3 Å². The molecule has 108 valence electrons. The highest BCUT2D eigenvalue weighted by Crippen LogP contribution is 2.11. The number of nitrogens with one attached hydrogen (secondary N) is 2. The number of nitrogens with zero attached hydrogens (tertiary/aromatic N) is 3. The molecule has 2 heterocycles. The third kappa shape index (κ3) is 3.80. The first kappa shape index (κ1) is 14.5. The smallest absolute Gasteiger partial charge is 0.320 e. The fourth-order valence-corrected chi connectivity index (χ4v) is 2.56. The quantitative estimate of drug-likeness (QED) is 0.887. The third-order valence-electron chi connectivity index (χ3n) is 2.83. The predicted molar refractivity (Wildman–Crippen MR) is 80.2 cm³/mol. The standard InChI is InChI=1S/C13H19N5OS/c1-4-10-7-11(18(3)17-10)16-13(19)14-6-5-12-15-8-9(2)20-12/h7-8H,4-6H2,1-3H3,(H2,14,16,19). The first-order valence-electron chi connectivity index (χ1n) is 6.57. The minimum absolute atomic E-state index is 0.219. The Bertz CT molecular complexity index is 589. The van der Waals surface area contributed by atoms with Gasteiger partial charge in [-0.25, -0.2) is 9.78 Å². The lowest BCUT2D eigenvalue weighted by Crippen LogP contribution is -2.31. The van der Waals surface area contributed by atoms with Crippen molar-refractivity contribution in [1.29, 1.82) is 0 Å². The van der Waals surface area contributed by atoms with Crippen LogP contribution in [0, 0.1) is 6.92 Å². The second-order valence-electron chi connectivity index (χ2n) is 4.49. The molecule has 0 aliphatic heterocycles. The van der Waals surface area contributed by atoms with E-state index < -0.39 is 0 Å². The van der Waals surface area contributed by atoms with E-state index in [2.05, 4.69) is 20.7 Å². The Hall–Kier alpha value is -1.89. The molecule has 2 aromatic heterocycles. The second kappa shape index (κ2) is 6.51. The van der Waals surface area contributed by atoms with E-state index >= 15 is 0 Å². The fourth-order valence-electron chi connectivity index (χ4n) is 1.78. The number of carbonyl (C=O) groups is 1. The van der Waals surface area contributed by atoms with Gasteiger partial charge in [0.05, 0.1) is 10.7 Å². The lowest BCUT2D eigenvalue weighted by molar-refractivity contribution is 0.252. The van der Waals surface area contributed by atoms with Gasteiger partial charge in [0.1, 0.15) is 5.82 Å². The van der Waals surface area contributed by atoms with E-state index in [0.717, 1.165) is 23.5 Å². The molecule has 0 unspecified atom stereocenters. The van der Waals surface area contributed by atoms with Crippen molar-refractivity contribution < 1.29 is 4.79 Å². The predicted octanol–water partition coefficient (Wildman–Crippen LogP) is 2.11. The highest BCUT2D eigenvalue weighted by atomic mass is 32.1. The Balaban J connectivity index is 1.78. The summed E-state index contributed by atoms with van der Waals surface area (Å²) in [5.41, 5.74) is 0.959. The molecular formula is C13H19N5OS. The van der Waals surface area contributed by atoms with Gasteiger partial charge < -0.3 is 5.32 Å². The normalized spacial score (nSPS) is 10.6. The zero-order valence-electron chi connectivity index (χ0n) is 11.9. The van der Waals surface area contributed by atoms with Crippen molar-refractivity contribution >= 4 is 23.2 Å². The van der Waals surface area contributed by atoms with Crippen LogP contribution in [0.1, 0.15) is 22.5 Å². The van der Waals surface area contributed by atoms with Crippen molar-refractivity contribution in [2.45, 2.75) is 26.7 Å². The number of carbonyl (C=O) groups excluding carboxylic acids is 1. The Labute approximate surface area is 122 Å². The molecule has 2 amide bonds. The number of urea groups is 1. The molecular weight excluding hydrogens is 274 g/mol. The first-order valence-corrected chi connectivity index (χ1v) is 7.39. The number of hydrogen-bond donors (Lipinski definition) is 2. The summed E-state index contributed by atoms with van der Waals surface area (Å²) in [6, 6.07) is 1.66. The molecule has 0 atom stereocenters. The van der Waals surface area contributed by atoms with Gasteiger partial charge in [-0.1, -0.05) is 6.92 Å². The van der Waals surface area contributed by atoms with E-state index in [1.807, 2.05) is 33.2 Å². The number of thiazole rings is 1. The summed E-state index contributed by atoms with van der Waals surface area (Å²) in [6.45, 7) is 4.62. The maximum Gasteiger partial charge on any atom is 0.320 e. The summed E-state index contributed by atoms with van der Waals surface area (Å²) in [4.78, 5) is 17.2. The van der Waals surface area contributed by atoms with Crippen LogP contribution < -0.4 is 10.6 Å². The first-order chi connectivity index (χ1) is 9.58. The third-order valence-corrected chi connectivity index (χ3v) is 3.80. The zero-order valence-corrected chi connectivity index (χ0v) is 12.8. The van der Waals surface area contributed by atoms with Crippen LogP contribution in [0.5, 0.6) is 0 Å². The van der Waals surface area contributed by atoms with Crippen LogP contribution in [0.3, 0.4) is 0 Å². The summed E-state index contributed by atoms with van der Waals surface area (Å²) >= 11 is 1.66. The molecule has 2 aromatic rings. The molecule has 20 heavy (non-hydrogen) atoms. The maximum absolute atomic E-state index is 11.8. The number of hydrogen-bond acceptors (Lipinski definition) is 4. The van der Waals surface area contributed by atoms with Crippen LogP contribution >= 0.6 is 11.3 Å². The molecule has 0 spiro atoms. The van der Waals surface area contributed by atoms with Crippen LogP contribution in [-0.4, -0.2) is 27.3 Å². The number of aromatic nitrogens is 3. The van der Waals surface area contributed by atoms with Crippen molar-refractivity contribution in [3.63, 3.8) is 0 Å². The lowest BCUT2D eigenvalue weighted by atomic mass is 10.3. The van der Waals surface area contributed by atoms with Crippen LogP contribution in [-0.2, 0) is 19.9 Å². The molecule has 0 aromatic carbocycles. The maximum atomic E-state index is 11.8. The van der Waals surface area contributed by atoms with Crippen molar-refractivity contribution in [3.05, 3.63) is 27.8 Å². The van der Waals surface area contributed by atoms with E-state index in [0.29, 0.717) is 12.4 Å². The molecule has 0 aliphatic carbocycles. The highest BCUT2D eigenvalue weighted by molar-refractivity contribution is 7.11. The van der Waals surface area contributed by atoms with Crippen LogP contribution in [0.2, 0.25) is 0 Å². The summed E-state index contributed by atoms with van der Waals surface area (Å²) in [7, 11) is 1.81. The molecule has 0 radical (unpaired) electrons. The number of rotatable bonds is 5. The molecule has 2 N–H and O–H groups in total. The van der Waals surface area contributed by atoms with E-state index in [4.69, 9.17) is 0 Å². The molecule has 0 aliphatic rings. The summed E-state index contributed by atoms with van der Waals surface area (Å²) in [5, 5.41) is 10.9. The van der Waals surface area contributed by atoms with Crippen molar-refractivity contribution in [1.82, 2.24) is 20.1 Å². The molecule has 0 saturated heterocycles. The van der Waals surface area contributed by atoms with E-state index in [-0.39, 0.29) is 6.03 Å². The van der Waals surface area contributed by atoms with Crippen LogP contribution in [0.4, 0.5) is 10.6 Å². The number of anilines is 1. The average Bonchev–Trinajstić information content (AvgIpc) is 2.96. The SMILES string of the molecule is CCc1cc(NC(=O)NCCc2ncc(C)s2)n(C)n1. The Morgan fingerprint density at radius 1 is 1.50 bits per heavy atom. The molecule has 6 nitrogen and oxygen atoms in total. The minimum Gasteiger partial charge on any atom is -0.337 e. The van der Waals surface area contributed by atoms with Crippen molar-refractivity contribution in [2.24, 2.45) is 7.05 Å². The Morgan fingerprint density at radius 2 is 2.30 bits per heavy atom. The monoisotopic (exact) mass is 293 g/mol. The topological polar surface area (TPSA) is 71.8 Å². The van der Waals surface area contributed by atoms with E-state index in [1.165, 1.54) is 4.88 Å². The summed E-state index contributed by atoms with van der Waals surface area (Å²) in [6.07, 6.45) is 3.44. The number of aryl methyl sites for hydroxylation is 3. The van der Waals surface area contributed by atoms with Gasteiger partial charge in [0.25, 0.3) is 0 Å². The lowest BCUT2D eigenvalue weighted by Gasteiger charge is -2.06. The van der Waals surface area contributed by atoms with Gasteiger partial charge in [-0.15, -0.1) is 11.3 Å². The summed E-state index contributed by atoms with van der Waals surface area (Å²) < 4.78 is 1.67. The largest absolute Gasteiger partial charge is 0.337 e. The van der Waals surface area contributed by atoms with Gasteiger partial charge >= 0.3 is 6.03 Å². The van der Waals surface area contributed by atoms with Crippen LogP contribution in [0.25, 0.3) is 0 Å². The van der Waals surface area contributed by atoms with Gasteiger partial charge in [-0.05, 0) is 13.3 Å². The fraction of sp³-hybridized carbons (Fsp3) is 0.462. The van der Waals surface area contributed by atoms with Crippen molar-refractivity contribution in [3.8, 4) is 0 Å². The van der Waals surface area contributed by atoms with Gasteiger partial charge in [0.15, 0.2) is 0 Å². The molecule has 2 rings (SSSR count). The average molecular weight is 293 g/mol. The Morgan fingerprint density at radius 3 is 2.90 bits per heavy atom. The molecule has 0 bridgehead atoms. The zero-order chi connectivity index (χ0) is 14.5. The minimum atomic E-state index is -0.219. The van der Waals surface area contributed by atoms with Gasteiger partial charge in [-0.2, -0.15) is 5.10 Å². The second-order valence-corrected chi connectivity index (χ2v) is 5.81. The van der Waals surface area contributed by atoms with Gasteiger partial charge in [-0.3, -0.25) is 10.00 Å². The molecule has 0 fully saturated rings. The van der Waals surface area contributed by atoms with Gasteiger partial charge in [0, 0.05) is 37.2 Å². The van der Waals surface area contributed by atoms with E-state index in [1.54, 1.807) is 16.0 Å². The highest BCUT2D eigenvalue weighted by Gasteiger charge is 2.07. The van der Waals surface area contributed by atoms with Crippen molar-refractivity contribution in [2.75, 3.05) is 11.9 Å². The van der Waals surface area contributed by atoms with E-state index in [9.17, 15) is 4.79 Å². The Kier molecular flexibility index (Phi) is 4.73.